The predicted molar refractivity (Wildman–Crippen MR) is 90.7 cm³/mol. The molecule has 2 rings (SSSR count). The van der Waals surface area contributed by atoms with E-state index in [1.54, 1.807) is 24.4 Å². The molecule has 24 heavy (non-hydrogen) atoms. The molecule has 8 heteroatoms. The number of carbonyl (C=O) groups excluding carboxylic acids is 1. The highest BCUT2D eigenvalue weighted by Gasteiger charge is 2.31. The fourth-order valence-electron chi connectivity index (χ4n) is 2.87. The lowest BCUT2D eigenvalue weighted by Crippen LogP contribution is -2.44. The molecule has 1 saturated heterocycles. The molecule has 1 aliphatic rings. The molecule has 2 heterocycles. The predicted octanol–water partition coefficient (Wildman–Crippen LogP) is 0.728. The van der Waals surface area contributed by atoms with Gasteiger partial charge >= 0.3 is 0 Å². The van der Waals surface area contributed by atoms with E-state index < -0.39 is 10.0 Å². The van der Waals surface area contributed by atoms with Crippen molar-refractivity contribution in [2.45, 2.75) is 19.4 Å². The van der Waals surface area contributed by atoms with Crippen molar-refractivity contribution in [3.8, 4) is 0 Å². The zero-order valence-electron chi connectivity index (χ0n) is 14.2. The summed E-state index contributed by atoms with van der Waals surface area (Å²) in [5, 5.41) is 0. The van der Waals surface area contributed by atoms with E-state index in [0.29, 0.717) is 45.6 Å². The zero-order chi connectivity index (χ0) is 17.6. The van der Waals surface area contributed by atoms with Gasteiger partial charge in [-0.25, -0.2) is 12.7 Å². The topological polar surface area (TPSA) is 79.8 Å². The molecule has 1 fully saturated rings. The number of hydrogen-bond acceptors (Lipinski definition) is 5. The fraction of sp³-hybridized carbons (Fsp3) is 0.625. The maximum absolute atomic E-state index is 12.9. The second-order valence-corrected chi connectivity index (χ2v) is 8.03. The van der Waals surface area contributed by atoms with Crippen molar-refractivity contribution < 1.29 is 17.9 Å². The first-order chi connectivity index (χ1) is 11.4. The third-order valence-corrected chi connectivity index (χ3v) is 5.58. The molecule has 1 amide bonds. The van der Waals surface area contributed by atoms with Crippen molar-refractivity contribution in [1.29, 1.82) is 0 Å². The van der Waals surface area contributed by atoms with Gasteiger partial charge in [0.05, 0.1) is 12.9 Å². The van der Waals surface area contributed by atoms with Gasteiger partial charge in [0.1, 0.15) is 0 Å². The number of rotatable bonds is 7. The summed E-state index contributed by atoms with van der Waals surface area (Å²) in [7, 11) is -1.57. The van der Waals surface area contributed by atoms with Crippen molar-refractivity contribution in [3.05, 3.63) is 30.1 Å². The van der Waals surface area contributed by atoms with Gasteiger partial charge in [0.2, 0.25) is 15.9 Å². The number of sulfonamides is 1. The minimum absolute atomic E-state index is 0.0667. The first-order valence-corrected chi connectivity index (χ1v) is 9.88. The molecule has 0 bridgehead atoms. The van der Waals surface area contributed by atoms with Gasteiger partial charge in [0, 0.05) is 51.6 Å². The molecular weight excluding hydrogens is 330 g/mol. The summed E-state index contributed by atoms with van der Waals surface area (Å²) in [6.45, 7) is 2.31. The lowest BCUT2D eigenvalue weighted by Gasteiger charge is -2.33. The van der Waals surface area contributed by atoms with E-state index in [1.165, 1.54) is 10.6 Å². The fourth-order valence-corrected chi connectivity index (χ4v) is 3.74. The lowest BCUT2D eigenvalue weighted by atomic mass is 9.96. The average molecular weight is 355 g/mol. The maximum atomic E-state index is 12.9. The minimum atomic E-state index is -3.18. The molecule has 0 spiro atoms. The monoisotopic (exact) mass is 355 g/mol. The third kappa shape index (κ3) is 5.25. The highest BCUT2D eigenvalue weighted by Crippen LogP contribution is 2.22. The van der Waals surface area contributed by atoms with Crippen LogP contribution in [0.2, 0.25) is 0 Å². The Labute approximate surface area is 143 Å². The highest BCUT2D eigenvalue weighted by molar-refractivity contribution is 7.88. The van der Waals surface area contributed by atoms with Gasteiger partial charge in [0.25, 0.3) is 0 Å². The Morgan fingerprint density at radius 1 is 1.33 bits per heavy atom. The molecule has 134 valence electrons. The number of piperidine rings is 1. The Bertz CT molecular complexity index is 628. The molecule has 1 aliphatic heterocycles. The molecule has 1 aromatic heterocycles. The van der Waals surface area contributed by atoms with Crippen molar-refractivity contribution in [3.63, 3.8) is 0 Å². The molecule has 0 saturated carbocycles. The Hall–Kier alpha value is -1.51. The van der Waals surface area contributed by atoms with Crippen LogP contribution < -0.4 is 0 Å². The highest BCUT2D eigenvalue weighted by atomic mass is 32.2. The normalized spacial score (nSPS) is 16.9. The summed E-state index contributed by atoms with van der Waals surface area (Å²) in [6.07, 6.45) is 5.75. The van der Waals surface area contributed by atoms with Crippen molar-refractivity contribution in [1.82, 2.24) is 14.2 Å². The quantitative estimate of drug-likeness (QED) is 0.720. The van der Waals surface area contributed by atoms with Crippen LogP contribution in [-0.2, 0) is 26.1 Å². The largest absolute Gasteiger partial charge is 0.383 e. The maximum Gasteiger partial charge on any atom is 0.226 e. The van der Waals surface area contributed by atoms with Crippen molar-refractivity contribution >= 4 is 15.9 Å². The number of aromatic nitrogens is 1. The number of methoxy groups -OCH3 is 1. The summed E-state index contributed by atoms with van der Waals surface area (Å²) in [5.74, 6) is -0.0706. The van der Waals surface area contributed by atoms with Gasteiger partial charge in [-0.05, 0) is 30.5 Å². The lowest BCUT2D eigenvalue weighted by molar-refractivity contribution is -0.138. The Morgan fingerprint density at radius 2 is 1.96 bits per heavy atom. The molecule has 0 aliphatic carbocycles. The van der Waals surface area contributed by atoms with Crippen LogP contribution in [0.4, 0.5) is 0 Å². The van der Waals surface area contributed by atoms with E-state index in [2.05, 4.69) is 4.98 Å². The van der Waals surface area contributed by atoms with Crippen molar-refractivity contribution in [2.75, 3.05) is 39.6 Å². The summed E-state index contributed by atoms with van der Waals surface area (Å²) >= 11 is 0. The van der Waals surface area contributed by atoms with E-state index in [4.69, 9.17) is 4.74 Å². The summed E-state index contributed by atoms with van der Waals surface area (Å²) in [6, 6.07) is 3.78. The molecule has 0 radical (unpaired) electrons. The van der Waals surface area contributed by atoms with Crippen LogP contribution in [0.15, 0.2) is 24.5 Å². The SMILES string of the molecule is COCCN(Cc1ccncc1)C(=O)C1CCN(S(C)(=O)=O)CC1. The number of hydrogen-bond donors (Lipinski definition) is 0. The molecule has 0 aromatic carbocycles. The standard InChI is InChI=1S/C16H25N3O4S/c1-23-12-11-18(13-14-3-7-17-8-4-14)16(20)15-5-9-19(10-6-15)24(2,21)22/h3-4,7-8,15H,5-6,9-13H2,1-2H3. The Kier molecular flexibility index (Phi) is 6.70. The van der Waals surface area contributed by atoms with Gasteiger partial charge in [-0.1, -0.05) is 0 Å². The number of nitrogens with zero attached hydrogens (tertiary/aromatic N) is 3. The van der Waals surface area contributed by atoms with Gasteiger partial charge in [-0.3, -0.25) is 9.78 Å². The molecular formula is C16H25N3O4S. The van der Waals surface area contributed by atoms with E-state index >= 15 is 0 Å². The molecule has 7 nitrogen and oxygen atoms in total. The summed E-state index contributed by atoms with van der Waals surface area (Å²) in [5.41, 5.74) is 1.02. The second-order valence-electron chi connectivity index (χ2n) is 6.04. The van der Waals surface area contributed by atoms with Crippen molar-refractivity contribution in [2.24, 2.45) is 5.92 Å². The third-order valence-electron chi connectivity index (χ3n) is 4.27. The number of pyridine rings is 1. The Balaban J connectivity index is 2.00. The second kappa shape index (κ2) is 8.55. The zero-order valence-corrected chi connectivity index (χ0v) is 15.0. The smallest absolute Gasteiger partial charge is 0.226 e. The molecule has 1 aromatic rings. The van der Waals surface area contributed by atoms with Crippen LogP contribution in [0.3, 0.4) is 0 Å². The van der Waals surface area contributed by atoms with Gasteiger partial charge in [-0.15, -0.1) is 0 Å². The first-order valence-electron chi connectivity index (χ1n) is 8.03. The van der Waals surface area contributed by atoms with Gasteiger partial charge in [-0.2, -0.15) is 0 Å². The van der Waals surface area contributed by atoms with Crippen LogP contribution in [-0.4, -0.2) is 68.1 Å². The molecule has 0 unspecified atom stereocenters. The molecule has 0 atom stereocenters. The number of amides is 1. The van der Waals surface area contributed by atoms with Crippen LogP contribution in [0, 0.1) is 5.92 Å². The van der Waals surface area contributed by atoms with Crippen LogP contribution in [0.25, 0.3) is 0 Å². The average Bonchev–Trinajstić information content (AvgIpc) is 2.58. The van der Waals surface area contributed by atoms with Crippen LogP contribution in [0.5, 0.6) is 0 Å². The van der Waals surface area contributed by atoms with E-state index in [1.807, 2.05) is 12.1 Å². The number of ether oxygens (including phenoxy) is 1. The summed E-state index contributed by atoms with van der Waals surface area (Å²) in [4.78, 5) is 18.6. The number of carbonyl (C=O) groups is 1. The van der Waals surface area contributed by atoms with Crippen LogP contribution >= 0.6 is 0 Å². The first kappa shape index (κ1) is 18.8. The minimum Gasteiger partial charge on any atom is -0.383 e. The Morgan fingerprint density at radius 3 is 2.50 bits per heavy atom. The van der Waals surface area contributed by atoms with Crippen LogP contribution in [0.1, 0.15) is 18.4 Å². The van der Waals surface area contributed by atoms with Gasteiger partial charge in [0.15, 0.2) is 0 Å². The summed E-state index contributed by atoms with van der Waals surface area (Å²) < 4.78 is 29.7. The van der Waals surface area contributed by atoms with Gasteiger partial charge < -0.3 is 9.64 Å². The molecule has 0 N–H and O–H groups in total. The van der Waals surface area contributed by atoms with E-state index in [0.717, 1.165) is 5.56 Å². The van der Waals surface area contributed by atoms with E-state index in [9.17, 15) is 13.2 Å². The van der Waals surface area contributed by atoms with E-state index in [-0.39, 0.29) is 11.8 Å².